The molecular weight excluding hydrogens is 460 g/mol. The molecule has 2 bridgehead atoms. The Bertz CT molecular complexity index is 1290. The van der Waals surface area contributed by atoms with E-state index >= 15 is 0 Å². The highest BCUT2D eigenvalue weighted by Crippen LogP contribution is 2.70. The van der Waals surface area contributed by atoms with Crippen LogP contribution in [0.2, 0.25) is 0 Å². The normalized spacial score (nSPS) is 25.4. The molecule has 7 nitrogen and oxygen atoms in total. The van der Waals surface area contributed by atoms with Crippen molar-refractivity contribution in [1.29, 1.82) is 0 Å². The molecule has 1 N–H and O–H groups in total. The number of hydrogen-bond donors (Lipinski definition) is 1. The zero-order valence-electron chi connectivity index (χ0n) is 17.4. The van der Waals surface area contributed by atoms with Crippen LogP contribution in [-0.2, 0) is 15.6 Å². The summed E-state index contributed by atoms with van der Waals surface area (Å²) in [7, 11) is 0. The van der Waals surface area contributed by atoms with Crippen LogP contribution >= 0.6 is 15.9 Å². The van der Waals surface area contributed by atoms with Crippen molar-refractivity contribution in [3.63, 3.8) is 0 Å². The van der Waals surface area contributed by atoms with E-state index in [4.69, 9.17) is 9.97 Å². The molecule has 3 aromatic rings. The number of hydrogen-bond acceptors (Lipinski definition) is 5. The molecule has 8 heteroatoms. The van der Waals surface area contributed by atoms with Gasteiger partial charge in [-0.15, -0.1) is 0 Å². The number of amides is 1. The maximum absolute atomic E-state index is 13.9. The quantitative estimate of drug-likeness (QED) is 0.406. The summed E-state index contributed by atoms with van der Waals surface area (Å²) in [5.41, 5.74) is 1.54. The van der Waals surface area contributed by atoms with Crippen LogP contribution < -0.4 is 5.32 Å². The second-order valence-electron chi connectivity index (χ2n) is 9.15. The van der Waals surface area contributed by atoms with E-state index in [2.05, 4.69) is 42.0 Å². The number of carbonyl (C=O) groups is 1. The van der Waals surface area contributed by atoms with Gasteiger partial charge in [0, 0.05) is 22.0 Å². The molecule has 0 radical (unpaired) electrons. The third-order valence-corrected chi connectivity index (χ3v) is 8.43. The fourth-order valence-electron chi connectivity index (χ4n) is 5.50. The Labute approximate surface area is 187 Å². The van der Waals surface area contributed by atoms with Crippen LogP contribution in [-0.4, -0.2) is 20.8 Å². The zero-order valence-corrected chi connectivity index (χ0v) is 19.0. The largest absolute Gasteiger partial charge is 0.324 e. The van der Waals surface area contributed by atoms with Crippen LogP contribution in [0.3, 0.4) is 0 Å². The smallest absolute Gasteiger partial charge is 0.271 e. The van der Waals surface area contributed by atoms with Gasteiger partial charge < -0.3 is 5.32 Å². The van der Waals surface area contributed by atoms with Crippen molar-refractivity contribution in [3.05, 3.63) is 68.4 Å². The second kappa shape index (κ2) is 6.32. The fraction of sp³-hybridized carbons (Fsp3) is 0.348. The number of benzene rings is 2. The number of aromatic nitrogens is 2. The van der Waals surface area contributed by atoms with E-state index < -0.39 is 15.8 Å². The summed E-state index contributed by atoms with van der Waals surface area (Å²) in [5.74, 6) is -0.119. The van der Waals surface area contributed by atoms with Gasteiger partial charge in [-0.2, -0.15) is 0 Å². The summed E-state index contributed by atoms with van der Waals surface area (Å²) in [5, 5.41) is 14.4. The molecule has 1 amide bonds. The number of halogens is 1. The Hall–Kier alpha value is -2.87. The van der Waals surface area contributed by atoms with E-state index in [9.17, 15) is 14.9 Å². The number of carbonyl (C=O) groups excluding carboxylic acids is 1. The SMILES string of the molecule is CC12CCC(C(=O)Nc3ccccc3Br)(c3nc4cc([N+](=O)[O-])ccc4nc31)C2(C)C. The molecule has 1 heterocycles. The molecule has 2 atom stereocenters. The van der Waals surface area contributed by atoms with E-state index in [-0.39, 0.29) is 17.0 Å². The van der Waals surface area contributed by atoms with Gasteiger partial charge in [0.15, 0.2) is 0 Å². The van der Waals surface area contributed by atoms with Crippen molar-refractivity contribution in [2.24, 2.45) is 5.41 Å². The molecule has 0 spiro atoms. The van der Waals surface area contributed by atoms with Crippen molar-refractivity contribution in [3.8, 4) is 0 Å². The van der Waals surface area contributed by atoms with Crippen LogP contribution in [0, 0.1) is 15.5 Å². The number of nitrogens with one attached hydrogen (secondary N) is 1. The molecule has 1 fully saturated rings. The number of nitro groups is 1. The minimum absolute atomic E-state index is 0.0397. The van der Waals surface area contributed by atoms with Gasteiger partial charge in [0.1, 0.15) is 0 Å². The summed E-state index contributed by atoms with van der Waals surface area (Å²) >= 11 is 3.50. The lowest BCUT2D eigenvalue weighted by atomic mass is 9.63. The summed E-state index contributed by atoms with van der Waals surface area (Å²) < 4.78 is 0.803. The van der Waals surface area contributed by atoms with Crippen LogP contribution in [0.4, 0.5) is 11.4 Å². The third-order valence-electron chi connectivity index (χ3n) is 7.74. The number of non-ortho nitro benzene ring substituents is 1. The Balaban J connectivity index is 1.72. The predicted molar refractivity (Wildman–Crippen MR) is 121 cm³/mol. The monoisotopic (exact) mass is 480 g/mol. The molecule has 1 saturated carbocycles. The number of para-hydroxylation sites is 1. The van der Waals surface area contributed by atoms with E-state index in [1.807, 2.05) is 24.3 Å². The van der Waals surface area contributed by atoms with Gasteiger partial charge in [0.05, 0.1) is 38.4 Å². The second-order valence-corrected chi connectivity index (χ2v) is 10.0. The van der Waals surface area contributed by atoms with Crippen LogP contribution in [0.1, 0.15) is 45.0 Å². The van der Waals surface area contributed by atoms with Crippen LogP contribution in [0.5, 0.6) is 0 Å². The molecular formula is C23H21BrN4O3. The van der Waals surface area contributed by atoms with E-state index in [0.29, 0.717) is 28.8 Å². The predicted octanol–water partition coefficient (Wildman–Crippen LogP) is 5.27. The van der Waals surface area contributed by atoms with Gasteiger partial charge in [-0.25, -0.2) is 9.97 Å². The van der Waals surface area contributed by atoms with Crippen molar-refractivity contribution >= 4 is 44.2 Å². The standard InChI is InChI=1S/C23H21BrN4O3/c1-21(2)22(3)10-11-23(21,20(29)27-15-7-5-4-6-14(15)24)19-18(22)25-16-9-8-13(28(30)31)12-17(16)26-19/h4-9,12H,10-11H2,1-3H3,(H,27,29). The summed E-state index contributed by atoms with van der Waals surface area (Å²) in [6, 6.07) is 12.0. The molecule has 5 rings (SSSR count). The first-order chi connectivity index (χ1) is 14.6. The molecule has 2 aliphatic rings. The molecule has 0 saturated heterocycles. The lowest BCUT2D eigenvalue weighted by molar-refractivity contribution is -0.384. The van der Waals surface area contributed by atoms with Gasteiger partial charge in [0.2, 0.25) is 5.91 Å². The van der Waals surface area contributed by atoms with Gasteiger partial charge >= 0.3 is 0 Å². The van der Waals surface area contributed by atoms with Crippen molar-refractivity contribution in [1.82, 2.24) is 9.97 Å². The Morgan fingerprint density at radius 2 is 1.77 bits per heavy atom. The zero-order chi connectivity index (χ0) is 22.2. The highest BCUT2D eigenvalue weighted by Gasteiger charge is 2.73. The molecule has 2 aromatic carbocycles. The van der Waals surface area contributed by atoms with Crippen LogP contribution in [0.25, 0.3) is 11.0 Å². The number of nitro benzene ring substituents is 1. The fourth-order valence-corrected chi connectivity index (χ4v) is 5.88. The summed E-state index contributed by atoms with van der Waals surface area (Å²) in [6.07, 6.45) is 1.47. The first kappa shape index (κ1) is 20.1. The third kappa shape index (κ3) is 2.42. The Kier molecular flexibility index (Phi) is 4.09. The average Bonchev–Trinajstić information content (AvgIpc) is 3.03. The summed E-state index contributed by atoms with van der Waals surface area (Å²) in [6.45, 7) is 6.37. The number of fused-ring (bicyclic) bond motifs is 6. The van der Waals surface area contributed by atoms with Crippen molar-refractivity contribution in [2.45, 2.75) is 44.4 Å². The van der Waals surface area contributed by atoms with E-state index in [0.717, 1.165) is 16.6 Å². The van der Waals surface area contributed by atoms with Gasteiger partial charge in [-0.3, -0.25) is 14.9 Å². The van der Waals surface area contributed by atoms with Gasteiger partial charge in [0.25, 0.3) is 5.69 Å². The van der Waals surface area contributed by atoms with Gasteiger partial charge in [-0.05, 0) is 52.4 Å². The first-order valence-electron chi connectivity index (χ1n) is 10.1. The Morgan fingerprint density at radius 3 is 2.48 bits per heavy atom. The molecule has 31 heavy (non-hydrogen) atoms. The maximum Gasteiger partial charge on any atom is 0.271 e. The molecule has 0 aliphatic heterocycles. The number of rotatable bonds is 3. The number of nitrogens with zero attached hydrogens (tertiary/aromatic N) is 3. The topological polar surface area (TPSA) is 98.0 Å². The first-order valence-corrected chi connectivity index (χ1v) is 10.9. The Morgan fingerprint density at radius 1 is 1.06 bits per heavy atom. The average molecular weight is 481 g/mol. The molecule has 158 valence electrons. The van der Waals surface area contributed by atoms with Gasteiger partial charge in [-0.1, -0.05) is 32.9 Å². The van der Waals surface area contributed by atoms with Crippen molar-refractivity contribution in [2.75, 3.05) is 5.32 Å². The lowest BCUT2D eigenvalue weighted by Crippen LogP contribution is -2.48. The van der Waals surface area contributed by atoms with Crippen molar-refractivity contribution < 1.29 is 9.72 Å². The molecule has 2 unspecified atom stereocenters. The lowest BCUT2D eigenvalue weighted by Gasteiger charge is -2.39. The maximum atomic E-state index is 13.9. The highest BCUT2D eigenvalue weighted by molar-refractivity contribution is 9.10. The summed E-state index contributed by atoms with van der Waals surface area (Å²) in [4.78, 5) is 34.4. The van der Waals surface area contributed by atoms with E-state index in [1.165, 1.54) is 12.1 Å². The molecule has 2 aliphatic carbocycles. The number of anilines is 1. The minimum atomic E-state index is -0.877. The van der Waals surface area contributed by atoms with E-state index in [1.54, 1.807) is 6.07 Å². The minimum Gasteiger partial charge on any atom is -0.324 e. The van der Waals surface area contributed by atoms with Crippen LogP contribution in [0.15, 0.2) is 46.9 Å². The molecule has 1 aromatic heterocycles. The highest BCUT2D eigenvalue weighted by atomic mass is 79.9.